The number of nitriles is 1. The maximum atomic E-state index is 12.8. The van der Waals surface area contributed by atoms with E-state index in [0.717, 1.165) is 5.56 Å². The molecule has 0 aliphatic rings. The molecule has 0 saturated carbocycles. The number of ether oxygens (including phenoxy) is 1. The quantitative estimate of drug-likeness (QED) is 0.603. The number of nitrogens with zero attached hydrogens (tertiary/aromatic N) is 1. The fraction of sp³-hybridized carbons (Fsp3) is 0.167. The van der Waals surface area contributed by atoms with Crippen molar-refractivity contribution in [1.29, 1.82) is 5.26 Å². The van der Waals surface area contributed by atoms with Crippen molar-refractivity contribution >= 4 is 11.3 Å². The first-order chi connectivity index (χ1) is 11.2. The average Bonchev–Trinajstić information content (AvgIpc) is 2.58. The van der Waals surface area contributed by atoms with E-state index in [9.17, 15) is 14.0 Å². The van der Waals surface area contributed by atoms with Crippen LogP contribution in [0.25, 0.3) is 5.57 Å². The Morgan fingerprint density at radius 1 is 1.13 bits per heavy atom. The van der Waals surface area contributed by atoms with Gasteiger partial charge in [0.05, 0.1) is 18.9 Å². The van der Waals surface area contributed by atoms with E-state index in [4.69, 9.17) is 4.74 Å². The topological polar surface area (TPSA) is 45.0 Å². The van der Waals surface area contributed by atoms with Crippen LogP contribution in [0.1, 0.15) is 12.0 Å². The van der Waals surface area contributed by atoms with E-state index in [1.54, 1.807) is 42.6 Å². The van der Waals surface area contributed by atoms with Crippen molar-refractivity contribution in [2.75, 3.05) is 18.6 Å². The molecule has 23 heavy (non-hydrogen) atoms. The number of nitrogens with one attached hydrogen (secondary N) is 1. The van der Waals surface area contributed by atoms with E-state index >= 15 is 0 Å². The Hall–Kier alpha value is -2.87. The third-order valence-electron chi connectivity index (χ3n) is 3.06. The summed E-state index contributed by atoms with van der Waals surface area (Å²) in [6.07, 6.45) is 1.92. The van der Waals surface area contributed by atoms with Crippen LogP contribution in [0.3, 0.4) is 0 Å². The molecule has 0 bridgehead atoms. The van der Waals surface area contributed by atoms with Gasteiger partial charge in [-0.25, -0.2) is 4.39 Å². The normalized spacial score (nSPS) is 10.9. The maximum Gasteiger partial charge on any atom is 0.123 e. The number of benzene rings is 2. The van der Waals surface area contributed by atoms with Crippen LogP contribution in [0.2, 0.25) is 0 Å². The lowest BCUT2D eigenvalue weighted by molar-refractivity contribution is 0.289. The Morgan fingerprint density at radius 2 is 1.83 bits per heavy atom. The summed E-state index contributed by atoms with van der Waals surface area (Å²) in [6.45, 7) is -0.0859. The van der Waals surface area contributed by atoms with Crippen molar-refractivity contribution in [3.63, 3.8) is 0 Å². The zero-order valence-corrected chi connectivity index (χ0v) is 12.4. The predicted octanol–water partition coefficient (Wildman–Crippen LogP) is 4.54. The number of hydrogen-bond acceptors (Lipinski definition) is 3. The lowest BCUT2D eigenvalue weighted by Crippen LogP contribution is -1.98. The van der Waals surface area contributed by atoms with Crippen LogP contribution in [0.4, 0.5) is 14.5 Å². The van der Waals surface area contributed by atoms with Crippen molar-refractivity contribution in [3.05, 3.63) is 66.1 Å². The third kappa shape index (κ3) is 5.11. The Labute approximate surface area is 133 Å². The average molecular weight is 314 g/mol. The maximum absolute atomic E-state index is 12.8. The Morgan fingerprint density at radius 3 is 2.43 bits per heavy atom. The highest BCUT2D eigenvalue weighted by Crippen LogP contribution is 2.19. The second-order valence-corrected chi connectivity index (χ2v) is 4.74. The van der Waals surface area contributed by atoms with Crippen LogP contribution in [-0.2, 0) is 0 Å². The van der Waals surface area contributed by atoms with Crippen LogP contribution in [0.5, 0.6) is 5.75 Å². The number of hydrogen-bond donors (Lipinski definition) is 1. The molecule has 2 rings (SSSR count). The largest absolute Gasteiger partial charge is 0.493 e. The molecule has 0 atom stereocenters. The summed E-state index contributed by atoms with van der Waals surface area (Å²) in [7, 11) is 0. The molecular formula is C18H16F2N2O. The fourth-order valence-electron chi connectivity index (χ4n) is 1.86. The molecule has 0 amide bonds. The smallest absolute Gasteiger partial charge is 0.123 e. The minimum atomic E-state index is -0.408. The van der Waals surface area contributed by atoms with Crippen molar-refractivity contribution in [1.82, 2.24) is 0 Å². The predicted molar refractivity (Wildman–Crippen MR) is 86.1 cm³/mol. The van der Waals surface area contributed by atoms with Crippen LogP contribution < -0.4 is 10.1 Å². The van der Waals surface area contributed by atoms with Gasteiger partial charge < -0.3 is 10.1 Å². The first kappa shape index (κ1) is 16.5. The molecule has 3 nitrogen and oxygen atoms in total. The lowest BCUT2D eigenvalue weighted by Gasteiger charge is -2.06. The Kier molecular flexibility index (Phi) is 6.13. The minimum absolute atomic E-state index is 0.316. The minimum Gasteiger partial charge on any atom is -0.493 e. The van der Waals surface area contributed by atoms with E-state index in [0.29, 0.717) is 30.0 Å². The van der Waals surface area contributed by atoms with Crippen molar-refractivity contribution in [2.24, 2.45) is 0 Å². The zero-order chi connectivity index (χ0) is 16.5. The molecule has 0 aliphatic carbocycles. The van der Waals surface area contributed by atoms with Gasteiger partial charge in [-0.3, -0.25) is 4.39 Å². The van der Waals surface area contributed by atoms with Gasteiger partial charge in [0.25, 0.3) is 0 Å². The van der Waals surface area contributed by atoms with E-state index in [1.165, 1.54) is 12.1 Å². The van der Waals surface area contributed by atoms with Gasteiger partial charge in [-0.2, -0.15) is 5.26 Å². The van der Waals surface area contributed by atoms with E-state index in [-0.39, 0.29) is 5.82 Å². The summed E-state index contributed by atoms with van der Waals surface area (Å²) in [5.41, 5.74) is 1.84. The van der Waals surface area contributed by atoms with Crippen molar-refractivity contribution in [2.45, 2.75) is 6.42 Å². The number of allylic oxidation sites excluding steroid dienone is 1. The number of halogens is 2. The molecule has 2 aromatic rings. The van der Waals surface area contributed by atoms with Gasteiger partial charge in [0.2, 0.25) is 0 Å². The molecule has 118 valence electrons. The summed E-state index contributed by atoms with van der Waals surface area (Å²) in [5, 5.41) is 12.2. The summed E-state index contributed by atoms with van der Waals surface area (Å²) in [6, 6.07) is 14.9. The van der Waals surface area contributed by atoms with Crippen molar-refractivity contribution < 1.29 is 13.5 Å². The highest BCUT2D eigenvalue weighted by molar-refractivity contribution is 5.78. The van der Waals surface area contributed by atoms with Gasteiger partial charge in [0, 0.05) is 18.3 Å². The highest BCUT2D eigenvalue weighted by atomic mass is 19.1. The van der Waals surface area contributed by atoms with Crippen molar-refractivity contribution in [3.8, 4) is 11.8 Å². The van der Waals surface area contributed by atoms with Crippen LogP contribution in [0.15, 0.2) is 54.7 Å². The molecule has 0 heterocycles. The van der Waals surface area contributed by atoms with Crippen LogP contribution >= 0.6 is 0 Å². The molecule has 1 N–H and O–H groups in total. The van der Waals surface area contributed by atoms with Gasteiger partial charge in [-0.1, -0.05) is 0 Å². The number of anilines is 1. The second kappa shape index (κ2) is 8.54. The van der Waals surface area contributed by atoms with E-state index < -0.39 is 6.67 Å². The van der Waals surface area contributed by atoms with Gasteiger partial charge in [-0.15, -0.1) is 0 Å². The monoisotopic (exact) mass is 314 g/mol. The second-order valence-electron chi connectivity index (χ2n) is 4.74. The van der Waals surface area contributed by atoms with Gasteiger partial charge in [0.1, 0.15) is 17.6 Å². The van der Waals surface area contributed by atoms with Gasteiger partial charge >= 0.3 is 0 Å². The number of rotatable bonds is 7. The molecule has 0 fully saturated rings. The summed E-state index contributed by atoms with van der Waals surface area (Å²) in [4.78, 5) is 0. The van der Waals surface area contributed by atoms with E-state index in [2.05, 4.69) is 11.4 Å². The van der Waals surface area contributed by atoms with Crippen LogP contribution in [0, 0.1) is 17.1 Å². The Balaban J connectivity index is 2.03. The standard InChI is InChI=1S/C18H16F2N2O/c19-10-1-11-23-18-8-2-14(3-9-18)15(12-21)13-22-17-6-4-16(20)5-7-17/h2-9,13,22H,1,10-11H2/b15-13+. The molecular weight excluding hydrogens is 298 g/mol. The van der Waals surface area contributed by atoms with Gasteiger partial charge in [0.15, 0.2) is 0 Å². The fourth-order valence-corrected chi connectivity index (χ4v) is 1.86. The lowest BCUT2D eigenvalue weighted by atomic mass is 10.1. The summed E-state index contributed by atoms with van der Waals surface area (Å²) >= 11 is 0. The zero-order valence-electron chi connectivity index (χ0n) is 12.4. The molecule has 0 aromatic heterocycles. The third-order valence-corrected chi connectivity index (χ3v) is 3.06. The molecule has 0 aliphatic heterocycles. The SMILES string of the molecule is N#C/C(=C\Nc1ccc(F)cc1)c1ccc(OCCCF)cc1. The number of alkyl halides is 1. The first-order valence-corrected chi connectivity index (χ1v) is 7.14. The van der Waals surface area contributed by atoms with Gasteiger partial charge in [-0.05, 0) is 54.1 Å². The molecule has 0 unspecified atom stereocenters. The molecule has 5 heteroatoms. The Bertz CT molecular complexity index is 688. The highest BCUT2D eigenvalue weighted by Gasteiger charge is 2.02. The molecule has 2 aromatic carbocycles. The summed E-state index contributed by atoms with van der Waals surface area (Å²) < 4.78 is 30.2. The molecule has 0 spiro atoms. The molecule has 0 radical (unpaired) electrons. The van der Waals surface area contributed by atoms with E-state index in [1.807, 2.05) is 0 Å². The summed E-state index contributed by atoms with van der Waals surface area (Å²) in [5.74, 6) is 0.314. The first-order valence-electron chi connectivity index (χ1n) is 7.14. The van der Waals surface area contributed by atoms with Crippen LogP contribution in [-0.4, -0.2) is 13.3 Å². The molecule has 0 saturated heterocycles.